The topological polar surface area (TPSA) is 12.5 Å². The lowest BCUT2D eigenvalue weighted by Crippen LogP contribution is -2.50. The molecule has 0 N–H and O–H groups in total. The van der Waals surface area contributed by atoms with Crippen LogP contribution in [-0.4, -0.2) is 31.2 Å². The summed E-state index contributed by atoms with van der Waals surface area (Å²) in [7, 11) is 1.72. The van der Waals surface area contributed by atoms with Crippen LogP contribution in [0.5, 0.6) is 0 Å². The molecule has 2 nitrogen and oxygen atoms in total. The van der Waals surface area contributed by atoms with Gasteiger partial charge in [0.15, 0.2) is 0 Å². The summed E-state index contributed by atoms with van der Waals surface area (Å²) < 4.78 is 19.0. The first-order valence-electron chi connectivity index (χ1n) is 4.88. The molecule has 4 heteroatoms. The van der Waals surface area contributed by atoms with Gasteiger partial charge in [-0.15, -0.1) is 0 Å². The number of hydrogen-bond donors (Lipinski definition) is 0. The van der Waals surface area contributed by atoms with Crippen molar-refractivity contribution in [1.29, 1.82) is 0 Å². The average Bonchev–Trinajstić information content (AvgIpc) is 2.17. The fourth-order valence-corrected chi connectivity index (χ4v) is 2.10. The van der Waals surface area contributed by atoms with Gasteiger partial charge in [-0.25, -0.2) is 4.39 Å². The molecule has 0 amide bonds. The van der Waals surface area contributed by atoms with Crippen LogP contribution in [0, 0.1) is 5.82 Å². The Hall–Kier alpha value is -0.450. The molecule has 0 bridgehead atoms. The molecule has 1 fully saturated rings. The second kappa shape index (κ2) is 4.60. The summed E-state index contributed by atoms with van der Waals surface area (Å²) in [4.78, 5) is 2.23. The Balaban J connectivity index is 1.97. The average molecular weight is 274 g/mol. The van der Waals surface area contributed by atoms with Gasteiger partial charge in [0, 0.05) is 26.7 Å². The molecular weight excluding hydrogens is 261 g/mol. The summed E-state index contributed by atoms with van der Waals surface area (Å²) in [6.07, 6.45) is 0.345. The molecule has 82 valence electrons. The summed E-state index contributed by atoms with van der Waals surface area (Å²) in [6.45, 7) is 2.64. The highest BCUT2D eigenvalue weighted by Gasteiger charge is 2.26. The molecule has 0 radical (unpaired) electrons. The molecule has 1 aromatic rings. The molecule has 1 aliphatic heterocycles. The van der Waals surface area contributed by atoms with E-state index in [1.54, 1.807) is 13.2 Å². The Labute approximate surface area is 97.2 Å². The normalized spacial score (nSPS) is 17.8. The monoisotopic (exact) mass is 273 g/mol. The van der Waals surface area contributed by atoms with Crippen LogP contribution in [0.1, 0.15) is 5.56 Å². The summed E-state index contributed by atoms with van der Waals surface area (Å²) in [5, 5.41) is 0. The number of halogens is 2. The molecule has 0 spiro atoms. The Morgan fingerprint density at radius 2 is 2.27 bits per heavy atom. The standard InChI is InChI=1S/C11H13BrFNO/c1-15-9-6-14(7-9)5-8-3-2-4-10(13)11(8)12/h2-4,9H,5-7H2,1H3. The first kappa shape index (κ1) is 11.0. The minimum Gasteiger partial charge on any atom is -0.379 e. The first-order chi connectivity index (χ1) is 7.20. The second-order valence-corrected chi connectivity index (χ2v) is 4.56. The summed E-state index contributed by atoms with van der Waals surface area (Å²) in [5.74, 6) is -0.198. The van der Waals surface area contributed by atoms with Crippen LogP contribution in [0.3, 0.4) is 0 Å². The van der Waals surface area contributed by atoms with Gasteiger partial charge in [0.25, 0.3) is 0 Å². The Morgan fingerprint density at radius 3 is 2.93 bits per heavy atom. The van der Waals surface area contributed by atoms with Gasteiger partial charge in [-0.3, -0.25) is 4.90 Å². The largest absolute Gasteiger partial charge is 0.379 e. The highest BCUT2D eigenvalue weighted by molar-refractivity contribution is 9.10. The number of hydrogen-bond acceptors (Lipinski definition) is 2. The maximum atomic E-state index is 13.2. The molecule has 1 aromatic carbocycles. The molecule has 0 aliphatic carbocycles. The smallest absolute Gasteiger partial charge is 0.137 e. The first-order valence-corrected chi connectivity index (χ1v) is 5.68. The molecule has 1 heterocycles. The summed E-state index contributed by atoms with van der Waals surface area (Å²) in [5.41, 5.74) is 0.990. The lowest BCUT2D eigenvalue weighted by molar-refractivity contribution is -0.0335. The lowest BCUT2D eigenvalue weighted by atomic mass is 10.1. The van der Waals surface area contributed by atoms with Gasteiger partial charge in [0.1, 0.15) is 5.82 Å². The van der Waals surface area contributed by atoms with Crippen LogP contribution in [-0.2, 0) is 11.3 Å². The zero-order valence-electron chi connectivity index (χ0n) is 8.54. The van der Waals surface area contributed by atoms with Crippen molar-refractivity contribution in [3.05, 3.63) is 34.1 Å². The van der Waals surface area contributed by atoms with E-state index in [4.69, 9.17) is 4.74 Å². The van der Waals surface area contributed by atoms with Gasteiger partial charge in [0.2, 0.25) is 0 Å². The number of benzene rings is 1. The van der Waals surface area contributed by atoms with Crippen LogP contribution < -0.4 is 0 Å². The van der Waals surface area contributed by atoms with Crippen molar-refractivity contribution >= 4 is 15.9 Å². The van der Waals surface area contributed by atoms with Gasteiger partial charge in [-0.1, -0.05) is 12.1 Å². The number of rotatable bonds is 3. The third kappa shape index (κ3) is 2.38. The highest BCUT2D eigenvalue weighted by atomic mass is 79.9. The fraction of sp³-hybridized carbons (Fsp3) is 0.455. The SMILES string of the molecule is COC1CN(Cc2cccc(F)c2Br)C1. The van der Waals surface area contributed by atoms with Crippen molar-refractivity contribution in [3.63, 3.8) is 0 Å². The van der Waals surface area contributed by atoms with Crippen LogP contribution >= 0.6 is 15.9 Å². The molecule has 1 aliphatic rings. The number of likely N-dealkylation sites (tertiary alicyclic amines) is 1. The van der Waals surface area contributed by atoms with Crippen LogP contribution in [0.15, 0.2) is 22.7 Å². The number of ether oxygens (including phenoxy) is 1. The highest BCUT2D eigenvalue weighted by Crippen LogP contribution is 2.23. The predicted molar refractivity (Wildman–Crippen MR) is 60.2 cm³/mol. The lowest BCUT2D eigenvalue weighted by Gasteiger charge is -2.38. The van der Waals surface area contributed by atoms with Crippen LogP contribution in [0.2, 0.25) is 0 Å². The molecule has 0 unspecified atom stereocenters. The maximum absolute atomic E-state index is 13.2. The van der Waals surface area contributed by atoms with Crippen molar-refractivity contribution in [2.75, 3.05) is 20.2 Å². The zero-order chi connectivity index (χ0) is 10.8. The summed E-state index contributed by atoms with van der Waals surface area (Å²) >= 11 is 3.26. The Bertz CT molecular complexity index is 352. The van der Waals surface area contributed by atoms with Gasteiger partial charge in [-0.05, 0) is 27.6 Å². The molecule has 2 rings (SSSR count). The van der Waals surface area contributed by atoms with Crippen LogP contribution in [0.25, 0.3) is 0 Å². The van der Waals surface area contributed by atoms with Gasteiger partial charge < -0.3 is 4.74 Å². The number of nitrogens with zero attached hydrogens (tertiary/aromatic N) is 1. The van der Waals surface area contributed by atoms with E-state index in [0.717, 1.165) is 25.2 Å². The van der Waals surface area contributed by atoms with Crippen molar-refractivity contribution in [2.24, 2.45) is 0 Å². The van der Waals surface area contributed by atoms with Gasteiger partial charge in [-0.2, -0.15) is 0 Å². The van der Waals surface area contributed by atoms with E-state index in [-0.39, 0.29) is 5.82 Å². The van der Waals surface area contributed by atoms with Crippen LogP contribution in [0.4, 0.5) is 4.39 Å². The Kier molecular flexibility index (Phi) is 3.38. The predicted octanol–water partition coefficient (Wildman–Crippen LogP) is 2.42. The van der Waals surface area contributed by atoms with Crippen molar-refractivity contribution in [3.8, 4) is 0 Å². The second-order valence-electron chi connectivity index (χ2n) is 3.76. The molecular formula is C11H13BrFNO. The van der Waals surface area contributed by atoms with E-state index >= 15 is 0 Å². The van der Waals surface area contributed by atoms with E-state index < -0.39 is 0 Å². The maximum Gasteiger partial charge on any atom is 0.137 e. The quantitative estimate of drug-likeness (QED) is 0.839. The van der Waals surface area contributed by atoms with Crippen molar-refractivity contribution in [1.82, 2.24) is 4.90 Å². The molecule has 15 heavy (non-hydrogen) atoms. The molecule has 0 aromatic heterocycles. The summed E-state index contributed by atoms with van der Waals surface area (Å²) in [6, 6.07) is 5.14. The van der Waals surface area contributed by atoms with E-state index in [9.17, 15) is 4.39 Å². The number of methoxy groups -OCH3 is 1. The molecule has 0 saturated carbocycles. The van der Waals surface area contributed by atoms with Gasteiger partial charge in [0.05, 0.1) is 10.6 Å². The third-order valence-electron chi connectivity index (χ3n) is 2.68. The Morgan fingerprint density at radius 1 is 1.53 bits per heavy atom. The minimum atomic E-state index is -0.198. The molecule has 0 atom stereocenters. The van der Waals surface area contributed by atoms with Gasteiger partial charge >= 0.3 is 0 Å². The van der Waals surface area contributed by atoms with E-state index in [0.29, 0.717) is 10.6 Å². The van der Waals surface area contributed by atoms with E-state index in [2.05, 4.69) is 20.8 Å². The zero-order valence-corrected chi connectivity index (χ0v) is 10.1. The van der Waals surface area contributed by atoms with Crippen molar-refractivity contribution < 1.29 is 9.13 Å². The fourth-order valence-electron chi connectivity index (χ4n) is 1.71. The minimum absolute atomic E-state index is 0.198. The van der Waals surface area contributed by atoms with Crippen molar-refractivity contribution in [2.45, 2.75) is 12.6 Å². The van der Waals surface area contributed by atoms with E-state index in [1.807, 2.05) is 6.07 Å². The molecule has 1 saturated heterocycles. The van der Waals surface area contributed by atoms with E-state index in [1.165, 1.54) is 6.07 Å². The third-order valence-corrected chi connectivity index (χ3v) is 3.57.